The van der Waals surface area contributed by atoms with Crippen LogP contribution in [0.25, 0.3) is 0 Å². The summed E-state index contributed by atoms with van der Waals surface area (Å²) in [6.07, 6.45) is 0. The minimum Gasteiger partial charge on any atom is -0.350 e. The Morgan fingerprint density at radius 3 is 2.17 bits per heavy atom. The monoisotopic (exact) mass is 319 g/mol. The molecule has 0 aliphatic carbocycles. The molecule has 0 spiro atoms. The number of nitrogens with one attached hydrogen (secondary N) is 1. The molecule has 5 nitrogen and oxygen atoms in total. The largest absolute Gasteiger partial charge is 0.350 e. The lowest BCUT2D eigenvalue weighted by Gasteiger charge is -2.28. The van der Waals surface area contributed by atoms with E-state index in [0.717, 1.165) is 5.56 Å². The third kappa shape index (κ3) is 6.82. The molecule has 128 valence electrons. The Morgan fingerprint density at radius 2 is 1.65 bits per heavy atom. The molecule has 1 aromatic rings. The van der Waals surface area contributed by atoms with Gasteiger partial charge in [-0.15, -0.1) is 0 Å². The van der Waals surface area contributed by atoms with E-state index in [1.165, 1.54) is 0 Å². The Labute approximate surface area is 139 Å². The van der Waals surface area contributed by atoms with E-state index in [1.807, 2.05) is 58.0 Å². The molecule has 0 saturated carbocycles. The summed E-state index contributed by atoms with van der Waals surface area (Å²) in [7, 11) is 3.57. The highest BCUT2D eigenvalue weighted by Gasteiger charge is 2.20. The number of carbonyl (C=O) groups excluding carboxylic acids is 2. The average Bonchev–Trinajstić information content (AvgIpc) is 2.44. The van der Waals surface area contributed by atoms with E-state index in [0.29, 0.717) is 0 Å². The van der Waals surface area contributed by atoms with Crippen molar-refractivity contribution in [1.29, 1.82) is 0 Å². The standard InChI is InChI=1S/C18H29N3O2/c1-14(15-10-8-7-9-11-15)21(6)17(23)13-20(5)12-16(22)19-18(2,3)4/h7-11,14H,12-13H2,1-6H3,(H,19,22)/t14-/m0/s1. The lowest BCUT2D eigenvalue weighted by molar-refractivity contribution is -0.133. The van der Waals surface area contributed by atoms with Gasteiger partial charge in [0, 0.05) is 12.6 Å². The van der Waals surface area contributed by atoms with Crippen LogP contribution in [-0.4, -0.2) is 54.3 Å². The molecule has 0 aliphatic heterocycles. The number of likely N-dealkylation sites (N-methyl/N-ethyl adjacent to an activating group) is 2. The summed E-state index contributed by atoms with van der Waals surface area (Å²) >= 11 is 0. The highest BCUT2D eigenvalue weighted by Crippen LogP contribution is 2.18. The predicted molar refractivity (Wildman–Crippen MR) is 93.0 cm³/mol. The predicted octanol–water partition coefficient (Wildman–Crippen LogP) is 2.05. The summed E-state index contributed by atoms with van der Waals surface area (Å²) in [6, 6.07) is 9.91. The molecule has 23 heavy (non-hydrogen) atoms. The summed E-state index contributed by atoms with van der Waals surface area (Å²) in [5, 5.41) is 2.90. The Hall–Kier alpha value is -1.88. The molecule has 0 aliphatic rings. The van der Waals surface area contributed by atoms with Gasteiger partial charge in [-0.05, 0) is 40.3 Å². The van der Waals surface area contributed by atoms with Gasteiger partial charge in [-0.3, -0.25) is 14.5 Å². The number of amides is 2. The fraction of sp³-hybridized carbons (Fsp3) is 0.556. The van der Waals surface area contributed by atoms with Gasteiger partial charge in [-0.25, -0.2) is 0 Å². The first-order chi connectivity index (χ1) is 10.6. The van der Waals surface area contributed by atoms with Crippen LogP contribution >= 0.6 is 0 Å². The van der Waals surface area contributed by atoms with Gasteiger partial charge in [-0.2, -0.15) is 0 Å². The topological polar surface area (TPSA) is 52.7 Å². The first-order valence-electron chi connectivity index (χ1n) is 7.90. The van der Waals surface area contributed by atoms with Gasteiger partial charge in [-0.1, -0.05) is 30.3 Å². The van der Waals surface area contributed by atoms with Gasteiger partial charge in [0.1, 0.15) is 0 Å². The van der Waals surface area contributed by atoms with E-state index in [1.54, 1.807) is 23.9 Å². The molecule has 0 saturated heterocycles. The Bertz CT molecular complexity index is 523. The van der Waals surface area contributed by atoms with Crippen LogP contribution < -0.4 is 5.32 Å². The fourth-order valence-corrected chi connectivity index (χ4v) is 2.27. The number of rotatable bonds is 6. The molecule has 0 unspecified atom stereocenters. The number of benzene rings is 1. The molecular weight excluding hydrogens is 290 g/mol. The van der Waals surface area contributed by atoms with Crippen molar-refractivity contribution >= 4 is 11.8 Å². The molecule has 0 bridgehead atoms. The van der Waals surface area contributed by atoms with Gasteiger partial charge in [0.05, 0.1) is 19.1 Å². The van der Waals surface area contributed by atoms with E-state index in [2.05, 4.69) is 5.32 Å². The summed E-state index contributed by atoms with van der Waals surface area (Å²) in [6.45, 7) is 8.23. The van der Waals surface area contributed by atoms with Crippen LogP contribution in [0.5, 0.6) is 0 Å². The summed E-state index contributed by atoms with van der Waals surface area (Å²) in [5.74, 6) is -0.0843. The van der Waals surface area contributed by atoms with Crippen LogP contribution in [0.1, 0.15) is 39.3 Å². The third-order valence-corrected chi connectivity index (χ3v) is 3.59. The molecule has 1 rings (SSSR count). The molecule has 2 amide bonds. The second-order valence-electron chi connectivity index (χ2n) is 7.06. The van der Waals surface area contributed by atoms with Crippen molar-refractivity contribution in [3.8, 4) is 0 Å². The molecule has 1 N–H and O–H groups in total. The van der Waals surface area contributed by atoms with Gasteiger partial charge in [0.25, 0.3) is 0 Å². The highest BCUT2D eigenvalue weighted by atomic mass is 16.2. The molecule has 1 aromatic carbocycles. The molecule has 1 atom stereocenters. The zero-order valence-corrected chi connectivity index (χ0v) is 15.1. The average molecular weight is 319 g/mol. The van der Waals surface area contributed by atoms with E-state index in [9.17, 15) is 9.59 Å². The van der Waals surface area contributed by atoms with Crippen molar-refractivity contribution in [2.45, 2.75) is 39.3 Å². The molecule has 0 heterocycles. The van der Waals surface area contributed by atoms with Gasteiger partial charge >= 0.3 is 0 Å². The second-order valence-corrected chi connectivity index (χ2v) is 7.06. The molecule has 0 aromatic heterocycles. The van der Waals surface area contributed by atoms with Crippen molar-refractivity contribution in [2.75, 3.05) is 27.2 Å². The van der Waals surface area contributed by atoms with Crippen molar-refractivity contribution in [1.82, 2.24) is 15.1 Å². The third-order valence-electron chi connectivity index (χ3n) is 3.59. The minimum atomic E-state index is -0.263. The number of carbonyl (C=O) groups is 2. The molecular formula is C18H29N3O2. The van der Waals surface area contributed by atoms with Crippen molar-refractivity contribution in [2.24, 2.45) is 0 Å². The molecule has 5 heteroatoms. The van der Waals surface area contributed by atoms with Crippen molar-refractivity contribution in [3.05, 3.63) is 35.9 Å². The summed E-state index contributed by atoms with van der Waals surface area (Å²) in [5.41, 5.74) is 0.831. The Kier molecular flexibility index (Phi) is 6.76. The van der Waals surface area contributed by atoms with Crippen LogP contribution in [-0.2, 0) is 9.59 Å². The van der Waals surface area contributed by atoms with E-state index in [-0.39, 0.29) is 36.5 Å². The number of hydrogen-bond donors (Lipinski definition) is 1. The zero-order valence-electron chi connectivity index (χ0n) is 15.1. The van der Waals surface area contributed by atoms with Gasteiger partial charge < -0.3 is 10.2 Å². The maximum Gasteiger partial charge on any atom is 0.236 e. The lowest BCUT2D eigenvalue weighted by atomic mass is 10.1. The van der Waals surface area contributed by atoms with Crippen LogP contribution in [0.3, 0.4) is 0 Å². The molecule has 0 radical (unpaired) electrons. The fourth-order valence-electron chi connectivity index (χ4n) is 2.27. The normalized spacial score (nSPS) is 12.8. The zero-order chi connectivity index (χ0) is 17.6. The van der Waals surface area contributed by atoms with Crippen molar-refractivity contribution in [3.63, 3.8) is 0 Å². The minimum absolute atomic E-state index is 0.000465. The first kappa shape index (κ1) is 19.2. The second kappa shape index (κ2) is 8.11. The first-order valence-corrected chi connectivity index (χ1v) is 7.90. The van der Waals surface area contributed by atoms with Crippen LogP contribution in [0.2, 0.25) is 0 Å². The smallest absolute Gasteiger partial charge is 0.236 e. The maximum atomic E-state index is 12.4. The Morgan fingerprint density at radius 1 is 1.09 bits per heavy atom. The number of hydrogen-bond acceptors (Lipinski definition) is 3. The van der Waals surface area contributed by atoms with Gasteiger partial charge in [0.2, 0.25) is 11.8 Å². The number of nitrogens with zero attached hydrogens (tertiary/aromatic N) is 2. The Balaban J connectivity index is 2.53. The SMILES string of the molecule is C[C@@H](c1ccccc1)N(C)C(=O)CN(C)CC(=O)NC(C)(C)C. The van der Waals surface area contributed by atoms with E-state index < -0.39 is 0 Å². The molecule has 0 fully saturated rings. The van der Waals surface area contributed by atoms with E-state index >= 15 is 0 Å². The van der Waals surface area contributed by atoms with Crippen LogP contribution in [0.15, 0.2) is 30.3 Å². The summed E-state index contributed by atoms with van der Waals surface area (Å²) in [4.78, 5) is 27.7. The quantitative estimate of drug-likeness (QED) is 0.873. The maximum absolute atomic E-state index is 12.4. The van der Waals surface area contributed by atoms with Crippen LogP contribution in [0, 0.1) is 0 Å². The highest BCUT2D eigenvalue weighted by molar-refractivity contribution is 5.81. The van der Waals surface area contributed by atoms with Crippen molar-refractivity contribution < 1.29 is 9.59 Å². The van der Waals surface area contributed by atoms with E-state index in [4.69, 9.17) is 0 Å². The van der Waals surface area contributed by atoms with Crippen LogP contribution in [0.4, 0.5) is 0 Å². The summed E-state index contributed by atoms with van der Waals surface area (Å²) < 4.78 is 0. The van der Waals surface area contributed by atoms with Gasteiger partial charge in [0.15, 0.2) is 0 Å². The lowest BCUT2D eigenvalue weighted by Crippen LogP contribution is -2.47.